The van der Waals surface area contributed by atoms with Crippen molar-refractivity contribution in [2.45, 2.75) is 26.2 Å². The molecule has 0 bridgehead atoms. The lowest BCUT2D eigenvalue weighted by atomic mass is 10.1. The van der Waals surface area contributed by atoms with Gasteiger partial charge in [0.15, 0.2) is 0 Å². The van der Waals surface area contributed by atoms with Crippen LogP contribution in [0.25, 0.3) is 0 Å². The minimum atomic E-state index is -0.218. The van der Waals surface area contributed by atoms with Gasteiger partial charge in [-0.1, -0.05) is 25.5 Å². The van der Waals surface area contributed by atoms with Gasteiger partial charge in [0, 0.05) is 0 Å². The van der Waals surface area contributed by atoms with Crippen molar-refractivity contribution in [2.75, 3.05) is 20.2 Å². The molecule has 1 aromatic rings. The maximum Gasteiger partial charge on any atom is 0.338 e. The van der Waals surface area contributed by atoms with E-state index in [0.717, 1.165) is 31.4 Å². The lowest BCUT2D eigenvalue weighted by Gasteiger charge is -2.06. The number of rotatable bonds is 7. The smallest absolute Gasteiger partial charge is 0.338 e. The molecule has 0 aliphatic carbocycles. The van der Waals surface area contributed by atoms with Crippen LogP contribution >= 0.6 is 0 Å². The van der Waals surface area contributed by atoms with Crippen molar-refractivity contribution in [3.05, 3.63) is 35.4 Å². The first-order chi connectivity index (χ1) is 8.27. The summed E-state index contributed by atoms with van der Waals surface area (Å²) in [6.07, 6.45) is 2.88. The predicted molar refractivity (Wildman–Crippen MR) is 69.3 cm³/mol. The molecule has 1 rings (SSSR count). The van der Waals surface area contributed by atoms with Gasteiger partial charge in [-0.25, -0.2) is 4.79 Å². The first-order valence-corrected chi connectivity index (χ1v) is 6.18. The molecule has 0 spiro atoms. The minimum Gasteiger partial charge on any atom is -0.462 e. The molecule has 0 amide bonds. The van der Waals surface area contributed by atoms with Gasteiger partial charge in [0.05, 0.1) is 12.2 Å². The highest BCUT2D eigenvalue weighted by Gasteiger charge is 2.06. The zero-order valence-corrected chi connectivity index (χ0v) is 10.7. The van der Waals surface area contributed by atoms with Crippen LogP contribution in [-0.2, 0) is 11.2 Å². The van der Waals surface area contributed by atoms with Gasteiger partial charge in [0.25, 0.3) is 0 Å². The molecular formula is C14H21NO2. The van der Waals surface area contributed by atoms with Gasteiger partial charge in [-0.05, 0) is 44.1 Å². The fourth-order valence-electron chi connectivity index (χ4n) is 1.52. The van der Waals surface area contributed by atoms with Gasteiger partial charge < -0.3 is 10.1 Å². The van der Waals surface area contributed by atoms with Crippen LogP contribution < -0.4 is 5.32 Å². The summed E-state index contributed by atoms with van der Waals surface area (Å²) in [5, 5.41) is 3.09. The van der Waals surface area contributed by atoms with Crippen LogP contribution in [0.15, 0.2) is 24.3 Å². The van der Waals surface area contributed by atoms with Crippen LogP contribution in [0, 0.1) is 0 Å². The van der Waals surface area contributed by atoms with E-state index < -0.39 is 0 Å². The van der Waals surface area contributed by atoms with Crippen LogP contribution in [0.1, 0.15) is 35.7 Å². The Morgan fingerprint density at radius 3 is 2.94 bits per heavy atom. The molecule has 3 heteroatoms. The molecule has 3 nitrogen and oxygen atoms in total. The number of hydrogen-bond acceptors (Lipinski definition) is 3. The number of nitrogens with one attached hydrogen (secondary N) is 1. The Hall–Kier alpha value is -1.35. The standard InChI is InChI=1S/C14H21NO2/c1-3-4-10-17-14(16)13-7-5-6-12(11-13)8-9-15-2/h5-7,11,15H,3-4,8-10H2,1-2H3. The van der Waals surface area contributed by atoms with Crippen LogP contribution in [0.3, 0.4) is 0 Å². The molecule has 0 heterocycles. The Kier molecular flexibility index (Phi) is 6.33. The summed E-state index contributed by atoms with van der Waals surface area (Å²) in [6, 6.07) is 7.64. The number of carbonyl (C=O) groups is 1. The predicted octanol–water partition coefficient (Wildman–Crippen LogP) is 2.41. The van der Waals surface area contributed by atoms with Crippen LogP contribution in [0.5, 0.6) is 0 Å². The highest BCUT2D eigenvalue weighted by molar-refractivity contribution is 5.89. The Labute approximate surface area is 103 Å². The summed E-state index contributed by atoms with van der Waals surface area (Å²) >= 11 is 0. The summed E-state index contributed by atoms with van der Waals surface area (Å²) in [6.45, 7) is 3.50. The third-order valence-corrected chi connectivity index (χ3v) is 2.56. The largest absolute Gasteiger partial charge is 0.462 e. The highest BCUT2D eigenvalue weighted by Crippen LogP contribution is 2.07. The van der Waals surface area contributed by atoms with Gasteiger partial charge in [0.1, 0.15) is 0 Å². The van der Waals surface area contributed by atoms with E-state index in [1.807, 2.05) is 25.2 Å². The molecule has 0 aliphatic heterocycles. The average molecular weight is 235 g/mol. The third-order valence-electron chi connectivity index (χ3n) is 2.56. The summed E-state index contributed by atoms with van der Waals surface area (Å²) in [5.74, 6) is -0.218. The number of unbranched alkanes of at least 4 members (excludes halogenated alkanes) is 1. The number of esters is 1. The van der Waals surface area contributed by atoms with Gasteiger partial charge in [-0.3, -0.25) is 0 Å². The second-order valence-corrected chi connectivity index (χ2v) is 4.04. The van der Waals surface area contributed by atoms with Crippen molar-refractivity contribution in [1.29, 1.82) is 0 Å². The molecule has 0 atom stereocenters. The van der Waals surface area contributed by atoms with E-state index >= 15 is 0 Å². The number of hydrogen-bond donors (Lipinski definition) is 1. The van der Waals surface area contributed by atoms with E-state index in [1.54, 1.807) is 6.07 Å². The van der Waals surface area contributed by atoms with Gasteiger partial charge >= 0.3 is 5.97 Å². The first kappa shape index (κ1) is 13.7. The number of likely N-dealkylation sites (N-methyl/N-ethyl adjacent to an activating group) is 1. The molecule has 94 valence electrons. The van der Waals surface area contributed by atoms with Crippen molar-refractivity contribution in [3.8, 4) is 0 Å². The quantitative estimate of drug-likeness (QED) is 0.582. The molecule has 0 aromatic heterocycles. The molecule has 0 saturated carbocycles. The number of carbonyl (C=O) groups excluding carboxylic acids is 1. The van der Waals surface area contributed by atoms with Crippen molar-refractivity contribution in [1.82, 2.24) is 5.32 Å². The van der Waals surface area contributed by atoms with E-state index in [1.165, 1.54) is 0 Å². The van der Waals surface area contributed by atoms with Crippen molar-refractivity contribution in [3.63, 3.8) is 0 Å². The SMILES string of the molecule is CCCCOC(=O)c1cccc(CCNC)c1. The van der Waals surface area contributed by atoms with E-state index in [2.05, 4.69) is 12.2 Å². The van der Waals surface area contributed by atoms with E-state index in [4.69, 9.17) is 4.74 Å². The topological polar surface area (TPSA) is 38.3 Å². The molecule has 0 unspecified atom stereocenters. The summed E-state index contributed by atoms with van der Waals surface area (Å²) in [4.78, 5) is 11.7. The van der Waals surface area contributed by atoms with Gasteiger partial charge in [0.2, 0.25) is 0 Å². The second kappa shape index (κ2) is 7.85. The van der Waals surface area contributed by atoms with E-state index in [0.29, 0.717) is 12.2 Å². The fourth-order valence-corrected chi connectivity index (χ4v) is 1.52. The Morgan fingerprint density at radius 1 is 1.41 bits per heavy atom. The van der Waals surface area contributed by atoms with Gasteiger partial charge in [-0.2, -0.15) is 0 Å². The monoisotopic (exact) mass is 235 g/mol. The van der Waals surface area contributed by atoms with Crippen molar-refractivity contribution < 1.29 is 9.53 Å². The third kappa shape index (κ3) is 5.00. The zero-order valence-electron chi connectivity index (χ0n) is 10.7. The molecule has 0 radical (unpaired) electrons. The van der Waals surface area contributed by atoms with Crippen LogP contribution in [0.4, 0.5) is 0 Å². The first-order valence-electron chi connectivity index (χ1n) is 6.18. The molecule has 1 aromatic carbocycles. The Morgan fingerprint density at radius 2 is 2.24 bits per heavy atom. The summed E-state index contributed by atoms with van der Waals surface area (Å²) in [5.41, 5.74) is 1.80. The van der Waals surface area contributed by atoms with Crippen LogP contribution in [0.2, 0.25) is 0 Å². The molecular weight excluding hydrogens is 214 g/mol. The normalized spacial score (nSPS) is 10.2. The zero-order chi connectivity index (χ0) is 12.5. The molecule has 0 fully saturated rings. The molecule has 0 aliphatic rings. The van der Waals surface area contributed by atoms with E-state index in [9.17, 15) is 4.79 Å². The molecule has 17 heavy (non-hydrogen) atoms. The molecule has 0 saturated heterocycles. The lowest BCUT2D eigenvalue weighted by Crippen LogP contribution is -2.11. The average Bonchev–Trinajstić information content (AvgIpc) is 2.37. The van der Waals surface area contributed by atoms with Crippen molar-refractivity contribution >= 4 is 5.97 Å². The maximum atomic E-state index is 11.7. The van der Waals surface area contributed by atoms with Gasteiger partial charge in [-0.15, -0.1) is 0 Å². The second-order valence-electron chi connectivity index (χ2n) is 4.04. The Balaban J connectivity index is 2.54. The summed E-state index contributed by atoms with van der Waals surface area (Å²) < 4.78 is 5.17. The fraction of sp³-hybridized carbons (Fsp3) is 0.500. The number of benzene rings is 1. The van der Waals surface area contributed by atoms with E-state index in [-0.39, 0.29) is 5.97 Å². The van der Waals surface area contributed by atoms with Crippen LogP contribution in [-0.4, -0.2) is 26.2 Å². The Bertz CT molecular complexity index is 350. The number of ether oxygens (including phenoxy) is 1. The van der Waals surface area contributed by atoms with Crippen molar-refractivity contribution in [2.24, 2.45) is 0 Å². The lowest BCUT2D eigenvalue weighted by molar-refractivity contribution is 0.0499. The minimum absolute atomic E-state index is 0.218. The highest BCUT2D eigenvalue weighted by atomic mass is 16.5. The maximum absolute atomic E-state index is 11.7. The molecule has 1 N–H and O–H groups in total. The summed E-state index contributed by atoms with van der Waals surface area (Å²) in [7, 11) is 1.92.